The molecule has 0 unspecified atom stereocenters. The molecule has 4 rings (SSSR count). The molecule has 0 radical (unpaired) electrons. The minimum atomic E-state index is 0.738. The zero-order valence-electron chi connectivity index (χ0n) is 13.0. The zero-order valence-corrected chi connectivity index (χ0v) is 13.8. The molecule has 7 heteroatoms. The van der Waals surface area contributed by atoms with Crippen LogP contribution in [0.3, 0.4) is 0 Å². The van der Waals surface area contributed by atoms with Gasteiger partial charge in [0, 0.05) is 12.4 Å². The van der Waals surface area contributed by atoms with Gasteiger partial charge in [-0.3, -0.25) is 9.97 Å². The van der Waals surface area contributed by atoms with E-state index in [1.807, 2.05) is 60.7 Å². The molecule has 0 aliphatic heterocycles. The Labute approximate surface area is 148 Å². The molecule has 0 saturated heterocycles. The van der Waals surface area contributed by atoms with Gasteiger partial charge in [-0.05, 0) is 60.3 Å². The first-order valence-corrected chi connectivity index (χ1v) is 8.38. The summed E-state index contributed by atoms with van der Waals surface area (Å²) in [6, 6.07) is 19.0. The lowest BCUT2D eigenvalue weighted by Gasteiger charge is -2.02. The Kier molecular flexibility index (Phi) is 4.38. The predicted octanol–water partition coefficient (Wildman–Crippen LogP) is 3.54. The van der Waals surface area contributed by atoms with Crippen LogP contribution < -0.4 is 0 Å². The quantitative estimate of drug-likeness (QED) is 0.560. The summed E-state index contributed by atoms with van der Waals surface area (Å²) in [5.41, 5.74) is 3.07. The van der Waals surface area contributed by atoms with Crippen molar-refractivity contribution < 1.29 is 0 Å². The average Bonchev–Trinajstić information content (AvgIpc) is 2.71. The molecule has 4 aromatic heterocycles. The highest BCUT2D eigenvalue weighted by molar-refractivity contribution is 7.99. The third kappa shape index (κ3) is 3.67. The highest BCUT2D eigenvalue weighted by Crippen LogP contribution is 2.25. The number of aromatic nitrogens is 6. The van der Waals surface area contributed by atoms with E-state index in [9.17, 15) is 0 Å². The van der Waals surface area contributed by atoms with E-state index in [1.54, 1.807) is 12.4 Å². The first-order valence-electron chi connectivity index (χ1n) is 7.57. The van der Waals surface area contributed by atoms with Crippen LogP contribution in [0.15, 0.2) is 83.1 Å². The van der Waals surface area contributed by atoms with Gasteiger partial charge in [0.15, 0.2) is 0 Å². The van der Waals surface area contributed by atoms with Crippen LogP contribution >= 0.6 is 11.8 Å². The minimum absolute atomic E-state index is 0.738. The van der Waals surface area contributed by atoms with Gasteiger partial charge >= 0.3 is 0 Å². The fraction of sp³-hybridized carbons (Fsp3) is 0. The maximum atomic E-state index is 4.26. The summed E-state index contributed by atoms with van der Waals surface area (Å²) in [6.45, 7) is 0. The van der Waals surface area contributed by atoms with Crippen LogP contribution in [0.1, 0.15) is 0 Å². The SMILES string of the molecule is c1ccc(-c2ccc(Sc3ccc(-c4ccccn4)nn3)nn2)nc1. The van der Waals surface area contributed by atoms with E-state index >= 15 is 0 Å². The molecule has 0 aliphatic rings. The molecule has 4 heterocycles. The minimum Gasteiger partial charge on any atom is -0.255 e. The smallest absolute Gasteiger partial charge is 0.125 e. The number of rotatable bonds is 4. The van der Waals surface area contributed by atoms with E-state index in [0.29, 0.717) is 0 Å². The average molecular weight is 344 g/mol. The number of pyridine rings is 2. The Morgan fingerprint density at radius 3 is 1.36 bits per heavy atom. The summed E-state index contributed by atoms with van der Waals surface area (Å²) in [5.74, 6) is 0. The van der Waals surface area contributed by atoms with Gasteiger partial charge in [-0.15, -0.1) is 20.4 Å². The van der Waals surface area contributed by atoms with E-state index in [2.05, 4.69) is 30.4 Å². The second kappa shape index (κ2) is 7.14. The lowest BCUT2D eigenvalue weighted by atomic mass is 10.2. The Morgan fingerprint density at radius 2 is 1.00 bits per heavy atom. The van der Waals surface area contributed by atoms with E-state index < -0.39 is 0 Å². The standard InChI is InChI=1S/C18H12N6S/c1-3-11-19-13(5-1)15-7-9-17(23-21-15)25-18-10-8-16(22-24-18)14-6-2-4-12-20-14/h1-12H. The van der Waals surface area contributed by atoms with Crippen LogP contribution in [-0.4, -0.2) is 30.4 Å². The van der Waals surface area contributed by atoms with Gasteiger partial charge in [-0.1, -0.05) is 12.1 Å². The maximum Gasteiger partial charge on any atom is 0.125 e. The summed E-state index contributed by atoms with van der Waals surface area (Å²) in [5, 5.41) is 18.4. The van der Waals surface area contributed by atoms with Crippen molar-refractivity contribution >= 4 is 11.8 Å². The van der Waals surface area contributed by atoms with Crippen LogP contribution in [0.4, 0.5) is 0 Å². The molecule has 0 aliphatic carbocycles. The summed E-state index contributed by atoms with van der Waals surface area (Å²) in [7, 11) is 0. The lowest BCUT2D eigenvalue weighted by Crippen LogP contribution is -1.93. The van der Waals surface area contributed by atoms with Gasteiger partial charge in [0.05, 0.1) is 11.4 Å². The van der Waals surface area contributed by atoms with E-state index in [0.717, 1.165) is 32.8 Å². The Balaban J connectivity index is 1.49. The van der Waals surface area contributed by atoms with Crippen molar-refractivity contribution in [2.75, 3.05) is 0 Å². The van der Waals surface area contributed by atoms with Gasteiger partial charge < -0.3 is 0 Å². The van der Waals surface area contributed by atoms with Crippen molar-refractivity contribution in [3.63, 3.8) is 0 Å². The summed E-state index contributed by atoms with van der Waals surface area (Å²) < 4.78 is 0. The van der Waals surface area contributed by atoms with Gasteiger partial charge in [0.25, 0.3) is 0 Å². The van der Waals surface area contributed by atoms with Gasteiger partial charge in [-0.25, -0.2) is 0 Å². The molecule has 0 aromatic carbocycles. The predicted molar refractivity (Wildman–Crippen MR) is 94.6 cm³/mol. The Hall–Kier alpha value is -3.19. The van der Waals surface area contributed by atoms with Crippen molar-refractivity contribution in [3.8, 4) is 22.8 Å². The Bertz CT molecular complexity index is 863. The second-order valence-electron chi connectivity index (χ2n) is 5.05. The molecular formula is C18H12N6S. The lowest BCUT2D eigenvalue weighted by molar-refractivity contribution is 0.907. The zero-order chi connectivity index (χ0) is 16.9. The van der Waals surface area contributed by atoms with Crippen LogP contribution in [0.2, 0.25) is 0 Å². The third-order valence-corrected chi connectivity index (χ3v) is 4.20. The molecule has 120 valence electrons. The van der Waals surface area contributed by atoms with E-state index in [1.165, 1.54) is 11.8 Å². The highest BCUT2D eigenvalue weighted by Gasteiger charge is 2.06. The molecule has 0 atom stereocenters. The van der Waals surface area contributed by atoms with Crippen LogP contribution in [0.25, 0.3) is 22.8 Å². The molecule has 6 nitrogen and oxygen atoms in total. The maximum absolute atomic E-state index is 4.26. The highest BCUT2D eigenvalue weighted by atomic mass is 32.2. The van der Waals surface area contributed by atoms with Crippen molar-refractivity contribution in [1.82, 2.24) is 30.4 Å². The van der Waals surface area contributed by atoms with E-state index in [-0.39, 0.29) is 0 Å². The van der Waals surface area contributed by atoms with Crippen molar-refractivity contribution in [2.45, 2.75) is 10.1 Å². The van der Waals surface area contributed by atoms with Crippen molar-refractivity contribution in [1.29, 1.82) is 0 Å². The number of nitrogens with zero attached hydrogens (tertiary/aromatic N) is 6. The van der Waals surface area contributed by atoms with Crippen LogP contribution in [0.5, 0.6) is 0 Å². The van der Waals surface area contributed by atoms with Crippen molar-refractivity contribution in [3.05, 3.63) is 73.1 Å². The molecule has 4 aromatic rings. The molecular weight excluding hydrogens is 332 g/mol. The molecule has 0 N–H and O–H groups in total. The van der Waals surface area contributed by atoms with Gasteiger partial charge in [0.1, 0.15) is 21.4 Å². The summed E-state index contributed by atoms with van der Waals surface area (Å²) in [4.78, 5) is 8.53. The summed E-state index contributed by atoms with van der Waals surface area (Å²) >= 11 is 1.41. The first-order chi connectivity index (χ1) is 12.4. The monoisotopic (exact) mass is 344 g/mol. The van der Waals surface area contributed by atoms with Crippen molar-refractivity contribution in [2.24, 2.45) is 0 Å². The molecule has 0 bridgehead atoms. The number of hydrogen-bond acceptors (Lipinski definition) is 7. The van der Waals surface area contributed by atoms with Crippen LogP contribution in [-0.2, 0) is 0 Å². The van der Waals surface area contributed by atoms with Gasteiger partial charge in [-0.2, -0.15) is 0 Å². The molecule has 0 saturated carbocycles. The molecule has 0 fully saturated rings. The summed E-state index contributed by atoms with van der Waals surface area (Å²) in [6.07, 6.45) is 3.47. The number of hydrogen-bond donors (Lipinski definition) is 0. The normalized spacial score (nSPS) is 10.6. The van der Waals surface area contributed by atoms with Crippen LogP contribution in [0, 0.1) is 0 Å². The molecule has 0 spiro atoms. The Morgan fingerprint density at radius 1 is 0.480 bits per heavy atom. The third-order valence-electron chi connectivity index (χ3n) is 3.34. The van der Waals surface area contributed by atoms with Gasteiger partial charge in [0.2, 0.25) is 0 Å². The topological polar surface area (TPSA) is 77.3 Å². The molecule has 0 amide bonds. The first kappa shape index (κ1) is 15.3. The fourth-order valence-corrected chi connectivity index (χ4v) is 2.81. The second-order valence-corrected chi connectivity index (χ2v) is 6.09. The van der Waals surface area contributed by atoms with E-state index in [4.69, 9.17) is 0 Å². The molecule has 25 heavy (non-hydrogen) atoms. The fourth-order valence-electron chi connectivity index (χ4n) is 2.16. The largest absolute Gasteiger partial charge is 0.255 e.